The molecule has 2 unspecified atom stereocenters. The summed E-state index contributed by atoms with van der Waals surface area (Å²) in [5, 5.41) is 3.60. The van der Waals surface area contributed by atoms with Crippen LogP contribution in [-0.2, 0) is 17.8 Å². The first kappa shape index (κ1) is 23.2. The van der Waals surface area contributed by atoms with Gasteiger partial charge in [-0.3, -0.25) is 4.79 Å². The second-order valence-electron chi connectivity index (χ2n) is 9.23. The number of carbonyl (C=O) groups excluding carboxylic acids is 1. The highest BCUT2D eigenvalue weighted by Gasteiger charge is 2.37. The van der Waals surface area contributed by atoms with E-state index < -0.39 is 0 Å². The molecule has 35 heavy (non-hydrogen) atoms. The number of carbonyl (C=O) groups is 1. The van der Waals surface area contributed by atoms with Gasteiger partial charge in [-0.05, 0) is 34.2 Å². The number of Topliss-reactive ketones (excluding diaryl/α,β-unsaturated/α-hetero) is 1. The minimum atomic E-state index is 0.152. The number of nitrogens with one attached hydrogen (secondary N) is 1. The summed E-state index contributed by atoms with van der Waals surface area (Å²) in [6.07, 6.45) is 1.58. The lowest BCUT2D eigenvalue weighted by Gasteiger charge is -2.07. The molecule has 1 fully saturated rings. The zero-order chi connectivity index (χ0) is 23.9. The number of ether oxygens (including phenoxy) is 1. The first-order valence-electron chi connectivity index (χ1n) is 12.4. The monoisotopic (exact) mass is 461 g/mol. The Bertz CT molecular complexity index is 1220. The van der Waals surface area contributed by atoms with Crippen molar-refractivity contribution in [1.82, 2.24) is 5.32 Å². The van der Waals surface area contributed by atoms with Gasteiger partial charge in [0.1, 0.15) is 0 Å². The molecule has 4 aromatic rings. The molecule has 1 N–H and O–H groups in total. The van der Waals surface area contributed by atoms with E-state index in [1.807, 2.05) is 60.7 Å². The summed E-state index contributed by atoms with van der Waals surface area (Å²) < 4.78 is 5.76. The Morgan fingerprint density at radius 3 is 2.11 bits per heavy atom. The summed E-state index contributed by atoms with van der Waals surface area (Å²) in [7, 11) is 0. The topological polar surface area (TPSA) is 38.3 Å². The van der Waals surface area contributed by atoms with Crippen LogP contribution >= 0.6 is 0 Å². The van der Waals surface area contributed by atoms with E-state index >= 15 is 0 Å². The molecule has 4 aromatic carbocycles. The number of benzene rings is 4. The highest BCUT2D eigenvalue weighted by Crippen LogP contribution is 2.40. The zero-order valence-corrected chi connectivity index (χ0v) is 19.9. The number of rotatable bonds is 11. The molecule has 2 atom stereocenters. The van der Waals surface area contributed by atoms with E-state index in [1.165, 1.54) is 11.1 Å². The molecule has 0 aromatic heterocycles. The molecule has 1 saturated carbocycles. The third kappa shape index (κ3) is 6.33. The predicted molar refractivity (Wildman–Crippen MR) is 142 cm³/mol. The van der Waals surface area contributed by atoms with Crippen molar-refractivity contribution in [2.24, 2.45) is 0 Å². The van der Waals surface area contributed by atoms with E-state index in [1.54, 1.807) is 0 Å². The van der Waals surface area contributed by atoms with Crippen LogP contribution in [-0.4, -0.2) is 25.0 Å². The molecule has 0 amide bonds. The van der Waals surface area contributed by atoms with Gasteiger partial charge in [0, 0.05) is 30.5 Å². The van der Waals surface area contributed by atoms with E-state index in [-0.39, 0.29) is 5.78 Å². The molecule has 0 saturated heterocycles. The van der Waals surface area contributed by atoms with Crippen molar-refractivity contribution in [3.8, 4) is 11.1 Å². The Labute approximate surface area is 207 Å². The average molecular weight is 462 g/mol. The minimum Gasteiger partial charge on any atom is -0.375 e. The van der Waals surface area contributed by atoms with Crippen LogP contribution in [0.1, 0.15) is 39.4 Å². The maximum absolute atomic E-state index is 12.8. The van der Waals surface area contributed by atoms with Gasteiger partial charge in [-0.25, -0.2) is 0 Å². The Balaban J connectivity index is 1.05. The highest BCUT2D eigenvalue weighted by atomic mass is 16.5. The van der Waals surface area contributed by atoms with Gasteiger partial charge in [0.2, 0.25) is 0 Å². The standard InChI is InChI=1S/C32H31NO2/c34-32(29-17-15-27(16-18-29)26-9-5-2-6-10-26)21-24-11-13-28(14-12-24)30-22-31(30)33-19-20-35-23-25-7-3-1-4-8-25/h1-18,30-31,33H,19-23H2. The lowest BCUT2D eigenvalue weighted by Crippen LogP contribution is -2.23. The number of hydrogen-bond donors (Lipinski definition) is 1. The van der Waals surface area contributed by atoms with Crippen LogP contribution in [0.25, 0.3) is 11.1 Å². The van der Waals surface area contributed by atoms with Crippen molar-refractivity contribution in [1.29, 1.82) is 0 Å². The fourth-order valence-corrected chi connectivity index (χ4v) is 4.52. The van der Waals surface area contributed by atoms with Gasteiger partial charge >= 0.3 is 0 Å². The van der Waals surface area contributed by atoms with E-state index in [4.69, 9.17) is 4.74 Å². The van der Waals surface area contributed by atoms with Gasteiger partial charge in [0.15, 0.2) is 5.78 Å². The van der Waals surface area contributed by atoms with Crippen molar-refractivity contribution in [3.63, 3.8) is 0 Å². The Hall–Kier alpha value is -3.53. The second kappa shape index (κ2) is 11.3. The van der Waals surface area contributed by atoms with Gasteiger partial charge in [-0.1, -0.05) is 109 Å². The van der Waals surface area contributed by atoms with Crippen LogP contribution in [0, 0.1) is 0 Å². The van der Waals surface area contributed by atoms with Crippen molar-refractivity contribution >= 4 is 5.78 Å². The first-order valence-corrected chi connectivity index (χ1v) is 12.4. The van der Waals surface area contributed by atoms with Gasteiger partial charge in [-0.2, -0.15) is 0 Å². The van der Waals surface area contributed by atoms with Gasteiger partial charge in [-0.15, -0.1) is 0 Å². The third-order valence-corrected chi connectivity index (χ3v) is 6.64. The summed E-state index contributed by atoms with van der Waals surface area (Å²) in [5.41, 5.74) is 6.66. The van der Waals surface area contributed by atoms with Crippen LogP contribution in [0.3, 0.4) is 0 Å². The molecule has 5 rings (SSSR count). The van der Waals surface area contributed by atoms with Gasteiger partial charge in [0.25, 0.3) is 0 Å². The fourth-order valence-electron chi connectivity index (χ4n) is 4.52. The predicted octanol–water partition coefficient (Wildman–Crippen LogP) is 6.44. The number of ketones is 1. The molecule has 176 valence electrons. The Morgan fingerprint density at radius 1 is 0.743 bits per heavy atom. The molecule has 0 spiro atoms. The molecule has 0 bridgehead atoms. The van der Waals surface area contributed by atoms with Crippen molar-refractivity contribution in [3.05, 3.63) is 131 Å². The molecule has 3 heteroatoms. The summed E-state index contributed by atoms with van der Waals surface area (Å²) >= 11 is 0. The Morgan fingerprint density at radius 2 is 1.40 bits per heavy atom. The smallest absolute Gasteiger partial charge is 0.167 e. The van der Waals surface area contributed by atoms with E-state index in [0.717, 1.165) is 35.2 Å². The highest BCUT2D eigenvalue weighted by molar-refractivity contribution is 5.97. The SMILES string of the molecule is O=C(Cc1ccc(C2CC2NCCOCc2ccccc2)cc1)c1ccc(-c2ccccc2)cc1. The van der Waals surface area contributed by atoms with E-state index in [9.17, 15) is 4.79 Å². The van der Waals surface area contributed by atoms with Crippen LogP contribution in [0.4, 0.5) is 0 Å². The summed E-state index contributed by atoms with van der Waals surface area (Å²) in [6, 6.07) is 37.5. The summed E-state index contributed by atoms with van der Waals surface area (Å²) in [4.78, 5) is 12.8. The maximum Gasteiger partial charge on any atom is 0.167 e. The quantitative estimate of drug-likeness (QED) is 0.206. The normalized spacial score (nSPS) is 16.7. The molecular formula is C32H31NO2. The lowest BCUT2D eigenvalue weighted by atomic mass is 9.98. The molecule has 0 radical (unpaired) electrons. The zero-order valence-electron chi connectivity index (χ0n) is 19.9. The van der Waals surface area contributed by atoms with Crippen molar-refractivity contribution in [2.45, 2.75) is 31.4 Å². The molecule has 1 aliphatic rings. The fraction of sp³-hybridized carbons (Fsp3) is 0.219. The largest absolute Gasteiger partial charge is 0.375 e. The molecule has 0 aliphatic heterocycles. The van der Waals surface area contributed by atoms with Gasteiger partial charge in [0.05, 0.1) is 13.2 Å². The molecule has 3 nitrogen and oxygen atoms in total. The maximum atomic E-state index is 12.8. The van der Waals surface area contributed by atoms with Crippen LogP contribution in [0.2, 0.25) is 0 Å². The van der Waals surface area contributed by atoms with Crippen LogP contribution < -0.4 is 5.32 Å². The third-order valence-electron chi connectivity index (χ3n) is 6.64. The molecular weight excluding hydrogens is 430 g/mol. The Kier molecular flexibility index (Phi) is 7.47. The van der Waals surface area contributed by atoms with Crippen molar-refractivity contribution < 1.29 is 9.53 Å². The minimum absolute atomic E-state index is 0.152. The first-order chi connectivity index (χ1) is 17.3. The van der Waals surface area contributed by atoms with Crippen LogP contribution in [0.15, 0.2) is 109 Å². The average Bonchev–Trinajstić information content (AvgIpc) is 3.70. The summed E-state index contributed by atoms with van der Waals surface area (Å²) in [6.45, 7) is 2.24. The molecule has 1 aliphatic carbocycles. The van der Waals surface area contributed by atoms with E-state index in [2.05, 4.69) is 53.8 Å². The van der Waals surface area contributed by atoms with Gasteiger partial charge < -0.3 is 10.1 Å². The molecule has 0 heterocycles. The summed E-state index contributed by atoms with van der Waals surface area (Å²) in [5.74, 6) is 0.707. The van der Waals surface area contributed by atoms with E-state index in [0.29, 0.717) is 31.6 Å². The number of hydrogen-bond acceptors (Lipinski definition) is 3. The van der Waals surface area contributed by atoms with Crippen LogP contribution in [0.5, 0.6) is 0 Å². The van der Waals surface area contributed by atoms with Crippen molar-refractivity contribution in [2.75, 3.05) is 13.2 Å². The second-order valence-corrected chi connectivity index (χ2v) is 9.23. The lowest BCUT2D eigenvalue weighted by molar-refractivity contribution is 0.0993.